The zero-order chi connectivity index (χ0) is 9.84. The van der Waals surface area contributed by atoms with Crippen LogP contribution in [0.15, 0.2) is 18.2 Å². The molecule has 66 valence electrons. The lowest BCUT2D eigenvalue weighted by atomic mass is 10.1. The van der Waals surface area contributed by atoms with E-state index in [2.05, 4.69) is 5.32 Å². The first-order valence-electron chi connectivity index (χ1n) is 3.92. The number of nitrogens with one attached hydrogen (secondary N) is 1. The van der Waals surface area contributed by atoms with E-state index in [0.29, 0.717) is 5.56 Å². The topological polar surface area (TPSA) is 52.9 Å². The van der Waals surface area contributed by atoms with E-state index in [4.69, 9.17) is 5.26 Å². The van der Waals surface area contributed by atoms with Crippen LogP contribution in [0.2, 0.25) is 0 Å². The van der Waals surface area contributed by atoms with Gasteiger partial charge in [-0.2, -0.15) is 5.26 Å². The van der Waals surface area contributed by atoms with E-state index in [9.17, 15) is 4.79 Å². The third-order valence-corrected chi connectivity index (χ3v) is 1.80. The molecule has 1 rings (SSSR count). The molecule has 0 unspecified atom stereocenters. The molecule has 0 atom stereocenters. The second-order valence-electron chi connectivity index (χ2n) is 2.88. The Morgan fingerprint density at radius 1 is 1.46 bits per heavy atom. The Morgan fingerprint density at radius 2 is 2.15 bits per heavy atom. The molecule has 0 aliphatic carbocycles. The highest BCUT2D eigenvalue weighted by atomic mass is 16.1. The summed E-state index contributed by atoms with van der Waals surface area (Å²) < 4.78 is 0. The third-order valence-electron chi connectivity index (χ3n) is 1.80. The fourth-order valence-electron chi connectivity index (χ4n) is 1.19. The number of hydrogen-bond donors (Lipinski definition) is 1. The van der Waals surface area contributed by atoms with Crippen LogP contribution in [0.5, 0.6) is 0 Å². The molecule has 0 aliphatic heterocycles. The van der Waals surface area contributed by atoms with Crippen LogP contribution in [0.25, 0.3) is 0 Å². The summed E-state index contributed by atoms with van der Waals surface area (Å²) >= 11 is 0. The van der Waals surface area contributed by atoms with Gasteiger partial charge in [0.15, 0.2) is 6.19 Å². The van der Waals surface area contributed by atoms with Crippen LogP contribution in [0, 0.1) is 25.3 Å². The molecule has 0 aromatic heterocycles. The first-order chi connectivity index (χ1) is 6.15. The van der Waals surface area contributed by atoms with E-state index in [1.165, 1.54) is 0 Å². The highest BCUT2D eigenvalue weighted by molar-refractivity contribution is 5.96. The minimum Gasteiger partial charge on any atom is -0.268 e. The van der Waals surface area contributed by atoms with Gasteiger partial charge in [0.05, 0.1) is 0 Å². The zero-order valence-corrected chi connectivity index (χ0v) is 7.59. The number of hydrogen-bond acceptors (Lipinski definition) is 2. The Morgan fingerprint density at radius 3 is 2.69 bits per heavy atom. The molecule has 13 heavy (non-hydrogen) atoms. The number of aryl methyl sites for hydroxylation is 2. The molecule has 3 nitrogen and oxygen atoms in total. The van der Waals surface area contributed by atoms with Crippen molar-refractivity contribution in [2.45, 2.75) is 13.8 Å². The molecule has 0 spiro atoms. The van der Waals surface area contributed by atoms with Crippen molar-refractivity contribution in [1.29, 1.82) is 5.26 Å². The summed E-state index contributed by atoms with van der Waals surface area (Å²) in [7, 11) is 0. The van der Waals surface area contributed by atoms with E-state index in [-0.39, 0.29) is 5.91 Å². The Balaban J connectivity index is 3.03. The van der Waals surface area contributed by atoms with E-state index >= 15 is 0 Å². The van der Waals surface area contributed by atoms with Crippen molar-refractivity contribution in [3.63, 3.8) is 0 Å². The molecule has 0 fully saturated rings. The second kappa shape index (κ2) is 3.72. The minimum absolute atomic E-state index is 0.347. The van der Waals surface area contributed by atoms with Crippen molar-refractivity contribution in [2.24, 2.45) is 0 Å². The van der Waals surface area contributed by atoms with Crippen molar-refractivity contribution >= 4 is 5.91 Å². The van der Waals surface area contributed by atoms with E-state index in [0.717, 1.165) is 11.1 Å². The quantitative estimate of drug-likeness (QED) is 0.518. The minimum atomic E-state index is -0.347. The lowest BCUT2D eigenvalue weighted by Crippen LogP contribution is -2.18. The maximum atomic E-state index is 11.2. The highest BCUT2D eigenvalue weighted by Gasteiger charge is 2.06. The van der Waals surface area contributed by atoms with Crippen LogP contribution in [-0.4, -0.2) is 5.91 Å². The summed E-state index contributed by atoms with van der Waals surface area (Å²) in [6.07, 6.45) is 1.61. The molecule has 0 saturated heterocycles. The molecule has 0 aliphatic rings. The first-order valence-corrected chi connectivity index (χ1v) is 3.92. The van der Waals surface area contributed by atoms with Crippen molar-refractivity contribution in [1.82, 2.24) is 5.32 Å². The summed E-state index contributed by atoms with van der Waals surface area (Å²) in [4.78, 5) is 11.2. The number of nitriles is 1. The van der Waals surface area contributed by atoms with Gasteiger partial charge in [-0.15, -0.1) is 0 Å². The van der Waals surface area contributed by atoms with Crippen LogP contribution in [-0.2, 0) is 0 Å². The Labute approximate surface area is 77.0 Å². The number of carbonyl (C=O) groups excluding carboxylic acids is 1. The Bertz CT molecular complexity index is 377. The van der Waals surface area contributed by atoms with Crippen molar-refractivity contribution in [3.05, 3.63) is 34.9 Å². The molecule has 3 heteroatoms. The van der Waals surface area contributed by atoms with Crippen LogP contribution in [0.3, 0.4) is 0 Å². The fourth-order valence-corrected chi connectivity index (χ4v) is 1.19. The van der Waals surface area contributed by atoms with Gasteiger partial charge in [-0.3, -0.25) is 10.1 Å². The maximum absolute atomic E-state index is 11.2. The molecule has 1 aromatic carbocycles. The summed E-state index contributed by atoms with van der Waals surface area (Å²) in [5.41, 5.74) is 2.53. The maximum Gasteiger partial charge on any atom is 0.264 e. The second-order valence-corrected chi connectivity index (χ2v) is 2.88. The third kappa shape index (κ3) is 2.06. The van der Waals surface area contributed by atoms with Gasteiger partial charge in [0.1, 0.15) is 0 Å². The SMILES string of the molecule is Cc1ccc(C(=O)NC#N)c(C)c1. The van der Waals surface area contributed by atoms with Crippen LogP contribution in [0.1, 0.15) is 21.5 Å². The standard InChI is InChI=1S/C10H10N2O/c1-7-3-4-9(8(2)5-7)10(13)12-6-11/h3-5H,1-2H3,(H,12,13). The number of amides is 1. The molecule has 0 bridgehead atoms. The largest absolute Gasteiger partial charge is 0.268 e. The molecular weight excluding hydrogens is 164 g/mol. The normalized spacial score (nSPS) is 9.00. The average Bonchev–Trinajstić information content (AvgIpc) is 2.04. The van der Waals surface area contributed by atoms with Crippen LogP contribution in [0.4, 0.5) is 0 Å². The summed E-state index contributed by atoms with van der Waals surface area (Å²) in [5, 5.41) is 10.4. The van der Waals surface area contributed by atoms with Gasteiger partial charge in [-0.05, 0) is 25.5 Å². The monoisotopic (exact) mass is 174 g/mol. The molecule has 0 saturated carbocycles. The highest BCUT2D eigenvalue weighted by Crippen LogP contribution is 2.09. The summed E-state index contributed by atoms with van der Waals surface area (Å²) in [5.74, 6) is -0.347. The van der Waals surface area contributed by atoms with Gasteiger partial charge in [-0.25, -0.2) is 0 Å². The molecule has 0 radical (unpaired) electrons. The van der Waals surface area contributed by atoms with Crippen molar-refractivity contribution in [2.75, 3.05) is 0 Å². The first kappa shape index (κ1) is 9.27. The fraction of sp³-hybridized carbons (Fsp3) is 0.200. The summed E-state index contributed by atoms with van der Waals surface area (Å²) in [6, 6.07) is 5.48. The van der Waals surface area contributed by atoms with Gasteiger partial charge in [0.2, 0.25) is 0 Å². The predicted molar refractivity (Wildman–Crippen MR) is 49.0 cm³/mol. The molecule has 1 amide bonds. The van der Waals surface area contributed by atoms with Gasteiger partial charge >= 0.3 is 0 Å². The van der Waals surface area contributed by atoms with Gasteiger partial charge in [-0.1, -0.05) is 17.7 Å². The number of rotatable bonds is 1. The molecular formula is C10H10N2O. The lowest BCUT2D eigenvalue weighted by molar-refractivity contribution is 0.0972. The predicted octanol–water partition coefficient (Wildman–Crippen LogP) is 1.51. The van der Waals surface area contributed by atoms with E-state index in [1.54, 1.807) is 12.3 Å². The number of carbonyl (C=O) groups is 1. The number of nitrogens with zero attached hydrogens (tertiary/aromatic N) is 1. The van der Waals surface area contributed by atoms with Gasteiger partial charge < -0.3 is 0 Å². The molecule has 1 aromatic rings. The number of benzene rings is 1. The van der Waals surface area contributed by atoms with Crippen LogP contribution < -0.4 is 5.32 Å². The smallest absolute Gasteiger partial charge is 0.264 e. The molecule has 0 heterocycles. The Kier molecular flexibility index (Phi) is 2.65. The van der Waals surface area contributed by atoms with Crippen LogP contribution >= 0.6 is 0 Å². The van der Waals surface area contributed by atoms with Crippen molar-refractivity contribution < 1.29 is 4.79 Å². The average molecular weight is 174 g/mol. The van der Waals surface area contributed by atoms with E-state index < -0.39 is 0 Å². The molecule has 1 N–H and O–H groups in total. The summed E-state index contributed by atoms with van der Waals surface area (Å²) in [6.45, 7) is 3.80. The van der Waals surface area contributed by atoms with E-state index in [1.807, 2.05) is 26.0 Å². The Hall–Kier alpha value is -1.82. The van der Waals surface area contributed by atoms with Gasteiger partial charge in [0.25, 0.3) is 5.91 Å². The van der Waals surface area contributed by atoms with Crippen molar-refractivity contribution in [3.8, 4) is 6.19 Å². The lowest BCUT2D eigenvalue weighted by Gasteiger charge is -2.03. The zero-order valence-electron chi connectivity index (χ0n) is 7.59. The van der Waals surface area contributed by atoms with Gasteiger partial charge in [0, 0.05) is 5.56 Å².